The molecule has 0 aliphatic carbocycles. The van der Waals surface area contributed by atoms with Crippen molar-refractivity contribution in [3.8, 4) is 0 Å². The Bertz CT molecular complexity index is 1260. The molecule has 0 spiro atoms. The van der Waals surface area contributed by atoms with Gasteiger partial charge in [0.2, 0.25) is 21.8 Å². The molecule has 2 aliphatic heterocycles. The highest BCUT2D eigenvalue weighted by atomic mass is 32.2. The van der Waals surface area contributed by atoms with Gasteiger partial charge in [0, 0.05) is 48.1 Å². The first-order chi connectivity index (χ1) is 16.7. The normalized spacial score (nSPS) is 24.6. The molecule has 0 saturated carbocycles. The summed E-state index contributed by atoms with van der Waals surface area (Å²) in [6.45, 7) is 12.5. The second-order valence-electron chi connectivity index (χ2n) is 11.7. The predicted octanol–water partition coefficient (Wildman–Crippen LogP) is 3.38. The number of aryl methyl sites for hydroxylation is 1. The van der Waals surface area contributed by atoms with Gasteiger partial charge in [-0.1, -0.05) is 46.8 Å². The molecule has 198 valence electrons. The zero-order valence-electron chi connectivity index (χ0n) is 22.5. The maximum Gasteiger partial charge on any atom is 0.246 e. The van der Waals surface area contributed by atoms with Crippen LogP contribution in [-0.4, -0.2) is 71.9 Å². The van der Waals surface area contributed by atoms with Gasteiger partial charge in [0.05, 0.1) is 12.3 Å². The first kappa shape index (κ1) is 26.7. The lowest BCUT2D eigenvalue weighted by atomic mass is 9.84. The second-order valence-corrected chi connectivity index (χ2v) is 13.7. The summed E-state index contributed by atoms with van der Waals surface area (Å²) in [5.41, 5.74) is 2.67. The molecule has 1 aromatic carbocycles. The van der Waals surface area contributed by atoms with E-state index >= 15 is 0 Å². The van der Waals surface area contributed by atoms with E-state index in [0.29, 0.717) is 25.9 Å². The molecule has 2 aliphatic rings. The monoisotopic (exact) mass is 516 g/mol. The third-order valence-electron chi connectivity index (χ3n) is 8.02. The van der Waals surface area contributed by atoms with Crippen molar-refractivity contribution in [2.45, 2.75) is 78.4 Å². The van der Waals surface area contributed by atoms with Crippen molar-refractivity contribution < 1.29 is 18.0 Å². The number of benzene rings is 1. The number of likely N-dealkylation sites (tertiary alicyclic amines) is 1. The van der Waals surface area contributed by atoms with E-state index in [1.165, 1.54) is 6.26 Å². The zero-order valence-corrected chi connectivity index (χ0v) is 23.3. The largest absolute Gasteiger partial charge is 0.361 e. The maximum atomic E-state index is 14.1. The van der Waals surface area contributed by atoms with Crippen LogP contribution in [0.5, 0.6) is 0 Å². The number of carbonyl (C=O) groups excluding carboxylic acids is 2. The van der Waals surface area contributed by atoms with Crippen LogP contribution in [0.15, 0.2) is 24.4 Å². The Kier molecular flexibility index (Phi) is 7.03. The molecule has 3 heterocycles. The Morgan fingerprint density at radius 2 is 1.94 bits per heavy atom. The summed E-state index contributed by atoms with van der Waals surface area (Å²) in [5, 5.41) is 4.08. The smallest absolute Gasteiger partial charge is 0.246 e. The molecule has 0 bridgehead atoms. The van der Waals surface area contributed by atoms with Crippen LogP contribution in [0.3, 0.4) is 0 Å². The highest BCUT2D eigenvalue weighted by Gasteiger charge is 2.55. The van der Waals surface area contributed by atoms with Gasteiger partial charge < -0.3 is 15.2 Å². The molecular weight excluding hydrogens is 476 g/mol. The standard InChI is InChI=1S/C27H40N4O4S/c1-8-17(3)25(32)29-24(27(4,5)6)26(33)30-12-11-22-23(30)20(15-31(22)36(7,34)35)19-14-28-21-13-16(2)9-10-18(19)21/h9-10,13-14,17,20,22-24,28H,8,11-12,15H2,1-7H3,(H,29,32)/t17-,20-,22-,23-,24-/m1/s1. The minimum absolute atomic E-state index is 0.130. The number of hydrogen-bond donors (Lipinski definition) is 2. The number of rotatable bonds is 6. The maximum absolute atomic E-state index is 14.1. The van der Waals surface area contributed by atoms with Crippen molar-refractivity contribution in [3.05, 3.63) is 35.5 Å². The van der Waals surface area contributed by atoms with Crippen LogP contribution < -0.4 is 5.32 Å². The number of hydrogen-bond acceptors (Lipinski definition) is 4. The summed E-state index contributed by atoms with van der Waals surface area (Å²) in [4.78, 5) is 32.1. The fourth-order valence-corrected chi connectivity index (χ4v) is 6.96. The van der Waals surface area contributed by atoms with Crippen LogP contribution >= 0.6 is 0 Å². The molecule has 5 atom stereocenters. The lowest BCUT2D eigenvalue weighted by Gasteiger charge is -2.37. The van der Waals surface area contributed by atoms with Crippen molar-refractivity contribution in [2.24, 2.45) is 11.3 Å². The number of nitrogens with zero attached hydrogens (tertiary/aromatic N) is 2. The molecule has 2 amide bonds. The number of nitrogens with one attached hydrogen (secondary N) is 2. The number of aromatic nitrogens is 1. The number of fused-ring (bicyclic) bond motifs is 2. The summed E-state index contributed by atoms with van der Waals surface area (Å²) in [6, 6.07) is 4.93. The fourth-order valence-electron chi connectivity index (χ4n) is 5.81. The minimum atomic E-state index is -3.46. The lowest BCUT2D eigenvalue weighted by molar-refractivity contribution is -0.141. The topological polar surface area (TPSA) is 103 Å². The summed E-state index contributed by atoms with van der Waals surface area (Å²) in [5.74, 6) is -0.626. The van der Waals surface area contributed by atoms with Crippen LogP contribution in [0.25, 0.3) is 10.9 Å². The first-order valence-electron chi connectivity index (χ1n) is 12.9. The molecule has 0 unspecified atom stereocenters. The molecule has 36 heavy (non-hydrogen) atoms. The third-order valence-corrected chi connectivity index (χ3v) is 9.29. The number of amides is 2. The van der Waals surface area contributed by atoms with Gasteiger partial charge in [0.15, 0.2) is 0 Å². The molecule has 2 saturated heterocycles. The molecule has 8 nitrogen and oxygen atoms in total. The fraction of sp³-hybridized carbons (Fsp3) is 0.630. The molecule has 0 radical (unpaired) electrons. The SMILES string of the molecule is CC[C@@H](C)C(=O)N[C@H](C(=O)N1CC[C@@H]2[C@H]1[C@@H](c1c[nH]c3cc(C)ccc13)CN2S(C)(=O)=O)C(C)(C)C. The zero-order chi connectivity index (χ0) is 26.6. The Morgan fingerprint density at radius 1 is 1.25 bits per heavy atom. The summed E-state index contributed by atoms with van der Waals surface area (Å²) in [7, 11) is -3.46. The van der Waals surface area contributed by atoms with E-state index in [2.05, 4.69) is 28.5 Å². The van der Waals surface area contributed by atoms with Crippen molar-refractivity contribution in [1.29, 1.82) is 0 Å². The van der Waals surface area contributed by atoms with Crippen LogP contribution in [0, 0.1) is 18.3 Å². The van der Waals surface area contributed by atoms with Crippen LogP contribution in [0.4, 0.5) is 0 Å². The van der Waals surface area contributed by atoms with E-state index in [-0.39, 0.29) is 35.7 Å². The van der Waals surface area contributed by atoms with Gasteiger partial charge in [0.25, 0.3) is 0 Å². The van der Waals surface area contributed by atoms with Crippen LogP contribution in [-0.2, 0) is 19.6 Å². The Labute approximate surface area is 214 Å². The highest BCUT2D eigenvalue weighted by molar-refractivity contribution is 7.88. The van der Waals surface area contributed by atoms with E-state index < -0.39 is 21.5 Å². The highest BCUT2D eigenvalue weighted by Crippen LogP contribution is 2.44. The molecular formula is C27H40N4O4S. The molecule has 9 heteroatoms. The van der Waals surface area contributed by atoms with Crippen LogP contribution in [0.1, 0.15) is 64.5 Å². The van der Waals surface area contributed by atoms with E-state index in [9.17, 15) is 18.0 Å². The molecule has 2 N–H and O–H groups in total. The Balaban J connectivity index is 1.74. The van der Waals surface area contributed by atoms with E-state index in [0.717, 1.165) is 22.0 Å². The van der Waals surface area contributed by atoms with Gasteiger partial charge in [0.1, 0.15) is 6.04 Å². The van der Waals surface area contributed by atoms with Crippen LogP contribution in [0.2, 0.25) is 0 Å². The average Bonchev–Trinajstić information content (AvgIpc) is 3.48. The van der Waals surface area contributed by atoms with Crippen molar-refractivity contribution in [3.63, 3.8) is 0 Å². The lowest BCUT2D eigenvalue weighted by Crippen LogP contribution is -2.57. The van der Waals surface area contributed by atoms with Crippen molar-refractivity contribution in [2.75, 3.05) is 19.3 Å². The van der Waals surface area contributed by atoms with Gasteiger partial charge in [-0.2, -0.15) is 4.31 Å². The number of sulfonamides is 1. The molecule has 2 aromatic rings. The number of carbonyl (C=O) groups is 2. The predicted molar refractivity (Wildman–Crippen MR) is 142 cm³/mol. The summed E-state index contributed by atoms with van der Waals surface area (Å²) in [6.07, 6.45) is 4.48. The Morgan fingerprint density at radius 3 is 2.56 bits per heavy atom. The number of aromatic amines is 1. The number of H-pyrrole nitrogens is 1. The minimum Gasteiger partial charge on any atom is -0.361 e. The average molecular weight is 517 g/mol. The van der Waals surface area contributed by atoms with Gasteiger partial charge in [-0.05, 0) is 42.4 Å². The van der Waals surface area contributed by atoms with Crippen molar-refractivity contribution in [1.82, 2.24) is 19.5 Å². The molecule has 4 rings (SSSR count). The second kappa shape index (κ2) is 9.49. The van der Waals surface area contributed by atoms with E-state index in [4.69, 9.17) is 0 Å². The van der Waals surface area contributed by atoms with Gasteiger partial charge in [-0.25, -0.2) is 8.42 Å². The summed E-state index contributed by atoms with van der Waals surface area (Å²) < 4.78 is 27.1. The van der Waals surface area contributed by atoms with E-state index in [1.807, 2.05) is 52.6 Å². The van der Waals surface area contributed by atoms with Gasteiger partial charge in [-0.15, -0.1) is 0 Å². The van der Waals surface area contributed by atoms with Gasteiger partial charge in [-0.3, -0.25) is 9.59 Å². The Hall–Kier alpha value is -2.39. The summed E-state index contributed by atoms with van der Waals surface area (Å²) >= 11 is 0. The molecule has 2 fully saturated rings. The van der Waals surface area contributed by atoms with Gasteiger partial charge >= 0.3 is 0 Å². The van der Waals surface area contributed by atoms with E-state index in [1.54, 1.807) is 4.31 Å². The third kappa shape index (κ3) is 4.79. The quantitative estimate of drug-likeness (QED) is 0.614. The molecule has 1 aromatic heterocycles. The van der Waals surface area contributed by atoms with Crippen molar-refractivity contribution >= 4 is 32.7 Å². The first-order valence-corrected chi connectivity index (χ1v) is 14.7.